The summed E-state index contributed by atoms with van der Waals surface area (Å²) in [5.74, 6) is 0.390. The van der Waals surface area contributed by atoms with Crippen LogP contribution >= 0.6 is 0 Å². The molecule has 6 heteroatoms. The lowest BCUT2D eigenvalue weighted by Crippen LogP contribution is -2.45. The average molecular weight is 349 g/mol. The summed E-state index contributed by atoms with van der Waals surface area (Å²) in [6, 6.07) is 5.96. The predicted octanol–water partition coefficient (Wildman–Crippen LogP) is 2.09. The van der Waals surface area contributed by atoms with E-state index in [9.17, 15) is 9.59 Å². The molecule has 0 radical (unpaired) electrons. The Hall–Kier alpha value is -2.08. The van der Waals surface area contributed by atoms with Gasteiger partial charge in [0.25, 0.3) is 0 Å². The third kappa shape index (κ3) is 5.19. The van der Waals surface area contributed by atoms with Gasteiger partial charge >= 0.3 is 5.97 Å². The highest BCUT2D eigenvalue weighted by Gasteiger charge is 2.33. The Balaban J connectivity index is 1.97. The Labute approximate surface area is 149 Å². The van der Waals surface area contributed by atoms with Crippen LogP contribution < -0.4 is 9.47 Å². The summed E-state index contributed by atoms with van der Waals surface area (Å²) < 4.78 is 16.0. The van der Waals surface area contributed by atoms with Crippen molar-refractivity contribution in [1.82, 2.24) is 4.90 Å². The molecule has 25 heavy (non-hydrogen) atoms. The van der Waals surface area contributed by atoms with Crippen LogP contribution in [0.4, 0.5) is 0 Å². The van der Waals surface area contributed by atoms with Gasteiger partial charge in [0.2, 0.25) is 0 Å². The third-order valence-corrected chi connectivity index (χ3v) is 4.31. The van der Waals surface area contributed by atoms with Gasteiger partial charge in [-0.25, -0.2) is 0 Å². The Morgan fingerprint density at radius 3 is 2.60 bits per heavy atom. The van der Waals surface area contributed by atoms with Crippen LogP contribution in [0.1, 0.15) is 25.8 Å². The Morgan fingerprint density at radius 2 is 1.92 bits per heavy atom. The number of ketones is 1. The zero-order valence-corrected chi connectivity index (χ0v) is 15.2. The first-order valence-electron chi connectivity index (χ1n) is 8.80. The highest BCUT2D eigenvalue weighted by Crippen LogP contribution is 2.29. The second-order valence-electron chi connectivity index (χ2n) is 5.99. The lowest BCUT2D eigenvalue weighted by molar-refractivity contribution is -0.151. The summed E-state index contributed by atoms with van der Waals surface area (Å²) in [5, 5.41) is 0. The summed E-state index contributed by atoms with van der Waals surface area (Å²) in [6.07, 6.45) is 1.21. The SMILES string of the molecule is CCOc1ccc(CCN2CCC(=O)C(C(=O)OC)C2)cc1OCC. The largest absolute Gasteiger partial charge is 0.490 e. The Bertz CT molecular complexity index is 593. The van der Waals surface area contributed by atoms with E-state index >= 15 is 0 Å². The molecule has 1 fully saturated rings. The number of rotatable bonds is 8. The number of ether oxygens (including phenoxy) is 3. The second kappa shape index (κ2) is 9.42. The molecule has 1 saturated heterocycles. The van der Waals surface area contributed by atoms with Gasteiger partial charge in [0.05, 0.1) is 20.3 Å². The maximum Gasteiger partial charge on any atom is 0.317 e. The van der Waals surface area contributed by atoms with Crippen molar-refractivity contribution < 1.29 is 23.8 Å². The number of carbonyl (C=O) groups is 2. The molecule has 0 amide bonds. The van der Waals surface area contributed by atoms with Crippen LogP contribution in [0.25, 0.3) is 0 Å². The van der Waals surface area contributed by atoms with E-state index in [4.69, 9.17) is 14.2 Å². The second-order valence-corrected chi connectivity index (χ2v) is 5.99. The van der Waals surface area contributed by atoms with E-state index in [2.05, 4.69) is 4.90 Å². The molecule has 0 N–H and O–H groups in total. The number of carbonyl (C=O) groups excluding carboxylic acids is 2. The first-order chi connectivity index (χ1) is 12.1. The number of hydrogen-bond donors (Lipinski definition) is 0. The van der Waals surface area contributed by atoms with E-state index in [1.165, 1.54) is 7.11 Å². The number of hydrogen-bond acceptors (Lipinski definition) is 6. The zero-order valence-electron chi connectivity index (χ0n) is 15.2. The summed E-state index contributed by atoms with van der Waals surface area (Å²) >= 11 is 0. The van der Waals surface area contributed by atoms with Crippen LogP contribution in [0.15, 0.2) is 18.2 Å². The van der Waals surface area contributed by atoms with Gasteiger partial charge in [0.1, 0.15) is 11.7 Å². The summed E-state index contributed by atoms with van der Waals surface area (Å²) in [5.41, 5.74) is 1.14. The molecule has 0 bridgehead atoms. The fourth-order valence-corrected chi connectivity index (χ4v) is 2.98. The van der Waals surface area contributed by atoms with Gasteiger partial charge in [-0.05, 0) is 38.0 Å². The molecule has 0 aromatic heterocycles. The van der Waals surface area contributed by atoms with E-state index < -0.39 is 11.9 Å². The molecule has 0 spiro atoms. The molecule has 1 heterocycles. The van der Waals surface area contributed by atoms with Gasteiger partial charge in [-0.15, -0.1) is 0 Å². The van der Waals surface area contributed by atoms with Gasteiger partial charge in [-0.1, -0.05) is 6.07 Å². The van der Waals surface area contributed by atoms with Crippen molar-refractivity contribution in [2.24, 2.45) is 5.92 Å². The molecular weight excluding hydrogens is 322 g/mol. The number of Topliss-reactive ketones (excluding diaryl/α,β-unsaturated/α-hetero) is 1. The molecule has 1 unspecified atom stereocenters. The minimum absolute atomic E-state index is 0.0252. The van der Waals surface area contributed by atoms with Crippen molar-refractivity contribution in [3.05, 3.63) is 23.8 Å². The molecule has 0 aliphatic carbocycles. The van der Waals surface area contributed by atoms with E-state index in [0.29, 0.717) is 32.7 Å². The molecule has 138 valence electrons. The number of nitrogens with zero attached hydrogens (tertiary/aromatic N) is 1. The fourth-order valence-electron chi connectivity index (χ4n) is 2.98. The van der Waals surface area contributed by atoms with Crippen LogP contribution in [0.2, 0.25) is 0 Å². The quantitative estimate of drug-likeness (QED) is 0.529. The number of likely N-dealkylation sites (tertiary alicyclic amines) is 1. The number of piperidine rings is 1. The van der Waals surface area contributed by atoms with Crippen molar-refractivity contribution in [2.45, 2.75) is 26.7 Å². The molecule has 1 aromatic carbocycles. The zero-order chi connectivity index (χ0) is 18.2. The minimum Gasteiger partial charge on any atom is -0.490 e. The van der Waals surface area contributed by atoms with Crippen molar-refractivity contribution >= 4 is 11.8 Å². The first-order valence-corrected chi connectivity index (χ1v) is 8.80. The molecule has 1 atom stereocenters. The van der Waals surface area contributed by atoms with E-state index in [0.717, 1.165) is 30.0 Å². The molecule has 0 saturated carbocycles. The van der Waals surface area contributed by atoms with Crippen LogP contribution in [-0.2, 0) is 20.7 Å². The fraction of sp³-hybridized carbons (Fsp3) is 0.579. The van der Waals surface area contributed by atoms with Crippen LogP contribution in [0.3, 0.4) is 0 Å². The van der Waals surface area contributed by atoms with Crippen molar-refractivity contribution in [3.8, 4) is 11.5 Å². The number of esters is 1. The van der Waals surface area contributed by atoms with Gasteiger partial charge in [-0.3, -0.25) is 9.59 Å². The summed E-state index contributed by atoms with van der Waals surface area (Å²) in [7, 11) is 1.32. The summed E-state index contributed by atoms with van der Waals surface area (Å²) in [6.45, 7) is 6.96. The average Bonchev–Trinajstić information content (AvgIpc) is 2.62. The molecule has 1 aliphatic rings. The van der Waals surface area contributed by atoms with Crippen molar-refractivity contribution in [2.75, 3.05) is 40.0 Å². The van der Waals surface area contributed by atoms with Crippen molar-refractivity contribution in [3.63, 3.8) is 0 Å². The number of methoxy groups -OCH3 is 1. The van der Waals surface area contributed by atoms with Gasteiger partial charge in [0.15, 0.2) is 11.5 Å². The highest BCUT2D eigenvalue weighted by atomic mass is 16.5. The Morgan fingerprint density at radius 1 is 1.20 bits per heavy atom. The lowest BCUT2D eigenvalue weighted by atomic mass is 9.96. The lowest BCUT2D eigenvalue weighted by Gasteiger charge is -2.30. The maximum atomic E-state index is 11.9. The summed E-state index contributed by atoms with van der Waals surface area (Å²) in [4.78, 5) is 25.7. The van der Waals surface area contributed by atoms with E-state index in [1.807, 2.05) is 32.0 Å². The van der Waals surface area contributed by atoms with Crippen LogP contribution in [0.5, 0.6) is 11.5 Å². The highest BCUT2D eigenvalue weighted by molar-refractivity contribution is 5.99. The predicted molar refractivity (Wildman–Crippen MR) is 94.1 cm³/mol. The first kappa shape index (κ1) is 19.2. The standard InChI is InChI=1S/C19H27NO5/c1-4-24-17-7-6-14(12-18(17)25-5-2)8-10-20-11-9-16(21)15(13-20)19(22)23-3/h6-7,12,15H,4-5,8-11,13H2,1-3H3. The topological polar surface area (TPSA) is 65.1 Å². The van der Waals surface area contributed by atoms with E-state index in [1.54, 1.807) is 0 Å². The van der Waals surface area contributed by atoms with Gasteiger partial charge in [-0.2, -0.15) is 0 Å². The van der Waals surface area contributed by atoms with Crippen LogP contribution in [0, 0.1) is 5.92 Å². The molecule has 1 aliphatic heterocycles. The maximum absolute atomic E-state index is 11.9. The molecule has 6 nitrogen and oxygen atoms in total. The smallest absolute Gasteiger partial charge is 0.317 e. The minimum atomic E-state index is -0.655. The monoisotopic (exact) mass is 349 g/mol. The number of benzene rings is 1. The Kier molecular flexibility index (Phi) is 7.25. The molecular formula is C19H27NO5. The van der Waals surface area contributed by atoms with E-state index in [-0.39, 0.29) is 5.78 Å². The van der Waals surface area contributed by atoms with Crippen LogP contribution in [-0.4, -0.2) is 56.6 Å². The molecule has 2 rings (SSSR count). The van der Waals surface area contributed by atoms with Gasteiger partial charge in [0, 0.05) is 26.1 Å². The molecule has 1 aromatic rings. The third-order valence-electron chi connectivity index (χ3n) is 4.31. The normalized spacial score (nSPS) is 18.0. The van der Waals surface area contributed by atoms with Gasteiger partial charge < -0.3 is 19.1 Å². The van der Waals surface area contributed by atoms with Crippen molar-refractivity contribution in [1.29, 1.82) is 0 Å².